The fraction of sp³-hybridized carbons (Fsp3) is 0.435. The number of imide groups is 1. The van der Waals surface area contributed by atoms with Gasteiger partial charge in [0, 0.05) is 26.2 Å². The summed E-state index contributed by atoms with van der Waals surface area (Å²) in [6.45, 7) is 3.99. The first kappa shape index (κ1) is 23.2. The zero-order valence-corrected chi connectivity index (χ0v) is 19.6. The fourth-order valence-electron chi connectivity index (χ4n) is 4.44. The average Bonchev–Trinajstić information content (AvgIpc) is 3.08. The molecule has 2 heterocycles. The van der Waals surface area contributed by atoms with Gasteiger partial charge in [0.25, 0.3) is 5.91 Å². The number of piperazine rings is 1. The number of benzene rings is 2. The molecule has 0 bridgehead atoms. The molecular formula is C23H28N4O5S. The van der Waals surface area contributed by atoms with Crippen LogP contribution in [-0.4, -0.2) is 78.6 Å². The highest BCUT2D eigenvalue weighted by Crippen LogP contribution is 2.26. The van der Waals surface area contributed by atoms with E-state index >= 15 is 0 Å². The van der Waals surface area contributed by atoms with Crippen LogP contribution in [0.25, 0.3) is 10.8 Å². The number of nitrogens with one attached hydrogen (secondary N) is 1. The highest BCUT2D eigenvalue weighted by Gasteiger charge is 2.49. The standard InChI is InChI=1S/C23H28N4O5S/c1-3-23(4-2)21(29)27(22(30)24-23)16-20(28)25-11-13-26(14-12-25)33(31,32)19-10-9-17-7-5-6-8-18(17)15-19/h5-10,15H,3-4,11-14,16H2,1-2H3,(H,24,30). The third-order valence-corrected chi connectivity index (χ3v) is 8.59. The average molecular weight is 473 g/mol. The highest BCUT2D eigenvalue weighted by atomic mass is 32.2. The minimum absolute atomic E-state index is 0.148. The van der Waals surface area contributed by atoms with Crippen molar-refractivity contribution in [1.29, 1.82) is 0 Å². The summed E-state index contributed by atoms with van der Waals surface area (Å²) in [6.07, 6.45) is 0.897. The van der Waals surface area contributed by atoms with Crippen molar-refractivity contribution in [3.63, 3.8) is 0 Å². The number of carbonyl (C=O) groups is 3. The Kier molecular flexibility index (Phi) is 6.15. The van der Waals surface area contributed by atoms with Crippen LogP contribution in [0.2, 0.25) is 0 Å². The third-order valence-electron chi connectivity index (χ3n) is 6.70. The van der Waals surface area contributed by atoms with Crippen LogP contribution in [0.5, 0.6) is 0 Å². The minimum Gasteiger partial charge on any atom is -0.338 e. The molecule has 2 aliphatic rings. The largest absolute Gasteiger partial charge is 0.338 e. The number of carbonyl (C=O) groups excluding carboxylic acids is 3. The lowest BCUT2D eigenvalue weighted by molar-refractivity contribution is -0.139. The Bertz CT molecular complexity index is 1200. The van der Waals surface area contributed by atoms with Crippen molar-refractivity contribution in [3.05, 3.63) is 42.5 Å². The molecule has 10 heteroatoms. The number of amides is 4. The van der Waals surface area contributed by atoms with E-state index in [-0.39, 0.29) is 49.4 Å². The molecule has 2 aliphatic heterocycles. The number of sulfonamides is 1. The van der Waals surface area contributed by atoms with Gasteiger partial charge in [0.1, 0.15) is 12.1 Å². The van der Waals surface area contributed by atoms with Crippen molar-refractivity contribution in [2.45, 2.75) is 37.1 Å². The summed E-state index contributed by atoms with van der Waals surface area (Å²) in [5.41, 5.74) is -0.954. The lowest BCUT2D eigenvalue weighted by atomic mass is 9.93. The minimum atomic E-state index is -3.70. The molecule has 0 saturated carbocycles. The predicted octanol–water partition coefficient (Wildman–Crippen LogP) is 1.78. The van der Waals surface area contributed by atoms with Crippen LogP contribution in [0, 0.1) is 0 Å². The zero-order chi connectivity index (χ0) is 23.8. The quantitative estimate of drug-likeness (QED) is 0.645. The van der Waals surface area contributed by atoms with Gasteiger partial charge in [-0.15, -0.1) is 0 Å². The van der Waals surface area contributed by atoms with Gasteiger partial charge in [-0.1, -0.05) is 44.2 Å². The molecule has 176 valence electrons. The van der Waals surface area contributed by atoms with Crippen molar-refractivity contribution < 1.29 is 22.8 Å². The van der Waals surface area contributed by atoms with Crippen LogP contribution >= 0.6 is 0 Å². The topological polar surface area (TPSA) is 107 Å². The summed E-state index contributed by atoms with van der Waals surface area (Å²) >= 11 is 0. The van der Waals surface area contributed by atoms with Crippen molar-refractivity contribution >= 4 is 38.6 Å². The maximum Gasteiger partial charge on any atom is 0.325 e. The second kappa shape index (κ2) is 8.75. The van der Waals surface area contributed by atoms with Crippen LogP contribution in [0.1, 0.15) is 26.7 Å². The smallest absolute Gasteiger partial charge is 0.325 e. The molecule has 0 aromatic heterocycles. The number of hydrogen-bond donors (Lipinski definition) is 1. The van der Waals surface area contributed by atoms with Gasteiger partial charge in [-0.2, -0.15) is 4.31 Å². The Morgan fingerprint density at radius 1 is 0.970 bits per heavy atom. The summed E-state index contributed by atoms with van der Waals surface area (Å²) in [6, 6.07) is 12.0. The van der Waals surface area contributed by atoms with E-state index in [9.17, 15) is 22.8 Å². The maximum absolute atomic E-state index is 13.1. The van der Waals surface area contributed by atoms with Crippen molar-refractivity contribution in [2.24, 2.45) is 0 Å². The number of urea groups is 1. The van der Waals surface area contributed by atoms with Crippen LogP contribution in [0.15, 0.2) is 47.4 Å². The van der Waals surface area contributed by atoms with E-state index in [2.05, 4.69) is 5.32 Å². The molecule has 1 N–H and O–H groups in total. The molecule has 0 atom stereocenters. The summed E-state index contributed by atoms with van der Waals surface area (Å²) in [5.74, 6) is -0.757. The maximum atomic E-state index is 13.1. The Morgan fingerprint density at radius 2 is 1.61 bits per heavy atom. The molecule has 2 saturated heterocycles. The van der Waals surface area contributed by atoms with E-state index in [1.54, 1.807) is 18.2 Å². The molecule has 4 amide bonds. The van der Waals surface area contributed by atoms with Gasteiger partial charge >= 0.3 is 6.03 Å². The fourth-order valence-corrected chi connectivity index (χ4v) is 5.90. The van der Waals surface area contributed by atoms with Gasteiger partial charge in [-0.25, -0.2) is 13.2 Å². The highest BCUT2D eigenvalue weighted by molar-refractivity contribution is 7.89. The van der Waals surface area contributed by atoms with E-state index in [0.29, 0.717) is 12.8 Å². The van der Waals surface area contributed by atoms with Crippen LogP contribution in [-0.2, 0) is 19.6 Å². The summed E-state index contributed by atoms with van der Waals surface area (Å²) in [4.78, 5) is 40.5. The lowest BCUT2D eigenvalue weighted by Crippen LogP contribution is -2.53. The number of hydrogen-bond acceptors (Lipinski definition) is 5. The molecule has 2 fully saturated rings. The van der Waals surface area contributed by atoms with E-state index in [0.717, 1.165) is 15.7 Å². The van der Waals surface area contributed by atoms with E-state index in [1.165, 1.54) is 9.21 Å². The Labute approximate surface area is 193 Å². The molecule has 2 aromatic carbocycles. The Hall–Kier alpha value is -2.98. The van der Waals surface area contributed by atoms with E-state index in [4.69, 9.17) is 0 Å². The summed E-state index contributed by atoms with van der Waals surface area (Å²) < 4.78 is 27.6. The molecule has 0 radical (unpaired) electrons. The first-order valence-corrected chi connectivity index (χ1v) is 12.6. The number of nitrogens with zero attached hydrogens (tertiary/aromatic N) is 3. The summed E-state index contributed by atoms with van der Waals surface area (Å²) in [7, 11) is -3.70. The molecule has 4 rings (SSSR count). The molecule has 9 nitrogen and oxygen atoms in total. The summed E-state index contributed by atoms with van der Waals surface area (Å²) in [5, 5.41) is 4.52. The van der Waals surface area contributed by atoms with Gasteiger partial charge in [0.2, 0.25) is 15.9 Å². The van der Waals surface area contributed by atoms with Gasteiger partial charge < -0.3 is 10.2 Å². The molecule has 0 aliphatic carbocycles. The molecular weight excluding hydrogens is 444 g/mol. The van der Waals surface area contributed by atoms with Gasteiger partial charge in [-0.05, 0) is 35.7 Å². The van der Waals surface area contributed by atoms with E-state index < -0.39 is 21.6 Å². The van der Waals surface area contributed by atoms with E-state index in [1.807, 2.05) is 38.1 Å². The number of rotatable bonds is 6. The van der Waals surface area contributed by atoms with Gasteiger partial charge in [0.05, 0.1) is 4.90 Å². The van der Waals surface area contributed by atoms with Gasteiger partial charge in [0.15, 0.2) is 0 Å². The van der Waals surface area contributed by atoms with Crippen molar-refractivity contribution in [1.82, 2.24) is 19.4 Å². The monoisotopic (exact) mass is 472 g/mol. The Balaban J connectivity index is 1.40. The molecule has 0 spiro atoms. The van der Waals surface area contributed by atoms with Crippen molar-refractivity contribution in [3.8, 4) is 0 Å². The van der Waals surface area contributed by atoms with Crippen molar-refractivity contribution in [2.75, 3.05) is 32.7 Å². The second-order valence-corrected chi connectivity index (χ2v) is 10.3. The first-order valence-electron chi connectivity index (χ1n) is 11.1. The normalized spacial score (nSPS) is 19.2. The Morgan fingerprint density at radius 3 is 2.21 bits per heavy atom. The lowest BCUT2D eigenvalue weighted by Gasteiger charge is -2.34. The third kappa shape index (κ3) is 4.08. The molecule has 0 unspecified atom stereocenters. The SMILES string of the molecule is CCC1(CC)NC(=O)N(CC(=O)N2CCN(S(=O)(=O)c3ccc4ccccc4c3)CC2)C1=O. The van der Waals surface area contributed by atoms with Gasteiger partial charge in [-0.3, -0.25) is 14.5 Å². The van der Waals surface area contributed by atoms with Crippen LogP contribution in [0.4, 0.5) is 4.79 Å². The molecule has 2 aromatic rings. The predicted molar refractivity (Wildman–Crippen MR) is 123 cm³/mol. The second-order valence-electron chi connectivity index (χ2n) is 8.40. The number of fused-ring (bicyclic) bond motifs is 1. The zero-order valence-electron chi connectivity index (χ0n) is 18.8. The molecule has 33 heavy (non-hydrogen) atoms. The first-order chi connectivity index (χ1) is 15.7. The van der Waals surface area contributed by atoms with Crippen LogP contribution in [0.3, 0.4) is 0 Å². The van der Waals surface area contributed by atoms with Crippen LogP contribution < -0.4 is 5.32 Å².